The number of benzene rings is 2. The molecular weight excluding hydrogens is 701 g/mol. The summed E-state index contributed by atoms with van der Waals surface area (Å²) in [6.45, 7) is 10.9. The maximum Gasteiger partial charge on any atom is 0.407 e. The number of H-pyrrole nitrogens is 2. The van der Waals surface area contributed by atoms with E-state index in [0.29, 0.717) is 18.9 Å². The number of hydrogen-bond donors (Lipinski definition) is 3. The van der Waals surface area contributed by atoms with Crippen molar-refractivity contribution < 1.29 is 28.9 Å². The summed E-state index contributed by atoms with van der Waals surface area (Å²) in [4.78, 5) is 73.1. The number of imidazole rings is 2. The van der Waals surface area contributed by atoms with Gasteiger partial charge in [-0.05, 0) is 80.3 Å². The van der Waals surface area contributed by atoms with Crippen LogP contribution in [0.15, 0.2) is 53.7 Å². The number of aliphatic imine (C=N–C) groups is 1. The Bertz CT molecular complexity index is 2090. The largest absolute Gasteiger partial charge is 0.453 e. The molecule has 2 aromatic heterocycles. The Morgan fingerprint density at radius 2 is 1.73 bits per heavy atom. The van der Waals surface area contributed by atoms with Gasteiger partial charge >= 0.3 is 6.09 Å². The number of methoxy groups -OCH3 is 1. The molecule has 0 bridgehead atoms. The van der Waals surface area contributed by atoms with Gasteiger partial charge in [-0.1, -0.05) is 51.7 Å². The van der Waals surface area contributed by atoms with E-state index in [2.05, 4.69) is 42.0 Å². The summed E-state index contributed by atoms with van der Waals surface area (Å²) in [6, 6.07) is 12.3. The van der Waals surface area contributed by atoms with Crippen LogP contribution in [0.25, 0.3) is 22.3 Å². The minimum Gasteiger partial charge on any atom is -0.453 e. The third kappa shape index (κ3) is 8.37. The van der Waals surface area contributed by atoms with Gasteiger partial charge in [-0.3, -0.25) is 9.59 Å². The molecule has 55 heavy (non-hydrogen) atoms. The van der Waals surface area contributed by atoms with Crippen LogP contribution >= 0.6 is 0 Å². The molecule has 3 amide bonds. The van der Waals surface area contributed by atoms with E-state index in [9.17, 15) is 14.4 Å². The molecule has 4 heterocycles. The van der Waals surface area contributed by atoms with E-state index >= 15 is 0 Å². The molecule has 2 saturated heterocycles. The van der Waals surface area contributed by atoms with E-state index in [1.807, 2.05) is 86.9 Å². The van der Waals surface area contributed by atoms with Gasteiger partial charge in [0.05, 0.1) is 48.7 Å². The highest BCUT2D eigenvalue weighted by molar-refractivity contribution is 5.87. The van der Waals surface area contributed by atoms with Gasteiger partial charge in [0.25, 0.3) is 0 Å². The number of amides is 3. The predicted octanol–water partition coefficient (Wildman–Crippen LogP) is 5.87. The Morgan fingerprint density at radius 1 is 0.982 bits per heavy atom. The quantitative estimate of drug-likeness (QED) is 0.0563. The summed E-state index contributed by atoms with van der Waals surface area (Å²) in [7, 11) is 2.68. The molecule has 6 rings (SSSR count). The van der Waals surface area contributed by atoms with Crippen LogP contribution in [0.5, 0.6) is 0 Å². The molecule has 2 aliphatic rings. The molecule has 290 valence electrons. The van der Waals surface area contributed by atoms with Gasteiger partial charge in [-0.15, -0.1) is 0 Å². The fourth-order valence-electron chi connectivity index (χ4n) is 7.44. The van der Waals surface area contributed by atoms with Crippen molar-refractivity contribution in [3.8, 4) is 23.1 Å². The Labute approximate surface area is 321 Å². The Kier molecular flexibility index (Phi) is 11.9. The first-order valence-electron chi connectivity index (χ1n) is 18.8. The van der Waals surface area contributed by atoms with Gasteiger partial charge in [0.1, 0.15) is 23.7 Å². The van der Waals surface area contributed by atoms with Crippen molar-refractivity contribution in [2.24, 2.45) is 16.8 Å². The smallest absolute Gasteiger partial charge is 0.407 e. The molecule has 0 radical (unpaired) electrons. The normalized spacial score (nSPS) is 19.5. The van der Waals surface area contributed by atoms with Crippen LogP contribution in [0.3, 0.4) is 0 Å². The van der Waals surface area contributed by atoms with Gasteiger partial charge in [0.15, 0.2) is 0 Å². The van der Waals surface area contributed by atoms with Gasteiger partial charge in [0.2, 0.25) is 18.2 Å². The van der Waals surface area contributed by atoms with Crippen LogP contribution in [0.2, 0.25) is 0 Å². The number of alkyl carbamates (subject to hydrolysis) is 1. The third-order valence-electron chi connectivity index (χ3n) is 10.5. The van der Waals surface area contributed by atoms with Gasteiger partial charge < -0.3 is 34.7 Å². The van der Waals surface area contributed by atoms with Crippen LogP contribution in [0.1, 0.15) is 89.1 Å². The number of nitrogens with zero attached hydrogens (tertiary/aromatic N) is 5. The lowest BCUT2D eigenvalue weighted by atomic mass is 9.95. The molecule has 2 aromatic carbocycles. The van der Waals surface area contributed by atoms with Crippen molar-refractivity contribution in [2.45, 2.75) is 84.0 Å². The summed E-state index contributed by atoms with van der Waals surface area (Å²) in [5.41, 5.74) is 4.45. The molecule has 3 N–H and O–H groups in total. The summed E-state index contributed by atoms with van der Waals surface area (Å²) >= 11 is 0. The number of aromatic amines is 2. The van der Waals surface area contributed by atoms with E-state index in [1.165, 1.54) is 20.6 Å². The van der Waals surface area contributed by atoms with Gasteiger partial charge in [-0.25, -0.2) is 19.8 Å². The topological polar surface area (TPSA) is 167 Å². The first-order chi connectivity index (χ1) is 26.4. The molecule has 0 saturated carbocycles. The van der Waals surface area contributed by atoms with Crippen molar-refractivity contribution in [1.29, 1.82) is 0 Å². The highest BCUT2D eigenvalue weighted by Crippen LogP contribution is 2.39. The van der Waals surface area contributed by atoms with Crippen molar-refractivity contribution in [3.63, 3.8) is 0 Å². The first kappa shape index (κ1) is 39.0. The average Bonchev–Trinajstić information content (AvgIpc) is 4.00. The predicted molar refractivity (Wildman–Crippen MR) is 207 cm³/mol. The number of carbonyl (C=O) groups is 3. The van der Waals surface area contributed by atoms with Crippen LogP contribution in [0.4, 0.5) is 4.79 Å². The lowest BCUT2D eigenvalue weighted by molar-refractivity contribution is -0.188. The SMILES string of the molecule is COOC=N[C@H](C(=O)N1CCC[C@H]1c1ncc(-c2ccc(C#Cc3ccc4nc([C@]5(C)CCCN5C(=O)[C@@H](NC(=O)OC)C(C)C)[nH]c4c3)cc2)[nH]1)C(C)C. The van der Waals surface area contributed by atoms with Crippen molar-refractivity contribution in [2.75, 3.05) is 27.3 Å². The summed E-state index contributed by atoms with van der Waals surface area (Å²) < 4.78 is 4.78. The monoisotopic (exact) mass is 750 g/mol. The molecular formula is C41H50N8O6. The minimum atomic E-state index is -0.714. The number of aromatic nitrogens is 4. The molecule has 4 aromatic rings. The molecule has 0 spiro atoms. The van der Waals surface area contributed by atoms with E-state index in [0.717, 1.165) is 64.9 Å². The zero-order valence-corrected chi connectivity index (χ0v) is 32.5. The number of likely N-dealkylation sites (tertiary alicyclic amines) is 2. The molecule has 2 fully saturated rings. The molecule has 0 unspecified atom stereocenters. The lowest BCUT2D eigenvalue weighted by Crippen LogP contribution is -2.55. The van der Waals surface area contributed by atoms with E-state index < -0.39 is 23.7 Å². The Hall–Kier alpha value is -5.68. The van der Waals surface area contributed by atoms with E-state index in [4.69, 9.17) is 14.6 Å². The number of hydrogen-bond acceptors (Lipinski definition) is 9. The standard InChI is InChI=1S/C41H50N8O6/c1-25(2)34(43-24-55-54-7)37(50)48-20-8-10-33(48)36-42-23-32(44-36)29-16-13-27(14-17-29)11-12-28-15-18-30-31(22-28)46-39(45-30)41(5)19-9-21-49(41)38(51)35(26(3)4)47-40(52)53-6/h13-18,22-26,33-35H,8-10,19-21H2,1-7H3,(H,42,44)(H,45,46)(H,47,52)/t33-,34-,35-,41-/m0/s1. The number of fused-ring (bicyclic) bond motifs is 1. The van der Waals surface area contributed by atoms with Crippen molar-refractivity contribution >= 4 is 35.3 Å². The molecule has 14 nitrogen and oxygen atoms in total. The van der Waals surface area contributed by atoms with E-state index in [-0.39, 0.29) is 29.7 Å². The number of ether oxygens (including phenoxy) is 1. The second-order valence-electron chi connectivity index (χ2n) is 14.9. The summed E-state index contributed by atoms with van der Waals surface area (Å²) in [5, 5.41) is 2.71. The lowest BCUT2D eigenvalue weighted by Gasteiger charge is -2.37. The average molecular weight is 751 g/mol. The molecule has 2 aliphatic heterocycles. The fourth-order valence-corrected chi connectivity index (χ4v) is 7.44. The zero-order chi connectivity index (χ0) is 39.3. The van der Waals surface area contributed by atoms with Crippen LogP contribution in [-0.2, 0) is 29.6 Å². The maximum atomic E-state index is 13.7. The zero-order valence-electron chi connectivity index (χ0n) is 32.5. The summed E-state index contributed by atoms with van der Waals surface area (Å²) in [6.07, 6.45) is 5.60. The number of carbonyl (C=O) groups excluding carboxylic acids is 3. The first-order valence-corrected chi connectivity index (χ1v) is 18.8. The van der Waals surface area contributed by atoms with Crippen LogP contribution in [-0.4, -0.2) is 93.4 Å². The Morgan fingerprint density at radius 3 is 2.44 bits per heavy atom. The maximum absolute atomic E-state index is 13.7. The minimum absolute atomic E-state index is 0.0152. The highest BCUT2D eigenvalue weighted by Gasteiger charge is 2.46. The highest BCUT2D eigenvalue weighted by atomic mass is 17.2. The second-order valence-corrected chi connectivity index (χ2v) is 14.9. The number of nitrogens with one attached hydrogen (secondary N) is 3. The van der Waals surface area contributed by atoms with Gasteiger partial charge in [-0.2, -0.15) is 4.89 Å². The van der Waals surface area contributed by atoms with Crippen LogP contribution < -0.4 is 5.32 Å². The fraction of sp³-hybridized carbons (Fsp3) is 0.463. The third-order valence-corrected chi connectivity index (χ3v) is 10.5. The second kappa shape index (κ2) is 16.8. The Balaban J connectivity index is 1.14. The molecule has 4 atom stereocenters. The van der Waals surface area contributed by atoms with Crippen molar-refractivity contribution in [1.82, 2.24) is 35.1 Å². The van der Waals surface area contributed by atoms with Gasteiger partial charge in [0, 0.05) is 24.2 Å². The number of rotatable bonds is 11. The molecule has 0 aliphatic carbocycles. The summed E-state index contributed by atoms with van der Waals surface area (Å²) in [5.74, 6) is 7.63. The molecule has 14 heteroatoms. The van der Waals surface area contributed by atoms with Crippen molar-refractivity contribution in [3.05, 3.63) is 71.4 Å². The van der Waals surface area contributed by atoms with Crippen LogP contribution in [0, 0.1) is 23.7 Å². The van der Waals surface area contributed by atoms with E-state index in [1.54, 1.807) is 6.20 Å².